The van der Waals surface area contributed by atoms with Crippen LogP contribution >= 0.6 is 46.4 Å². The van der Waals surface area contributed by atoms with Crippen LogP contribution in [0.4, 0.5) is 0 Å². The molecule has 0 fully saturated rings. The Bertz CT molecular complexity index is 1250. The minimum atomic E-state index is 0. The van der Waals surface area contributed by atoms with Gasteiger partial charge in [0.05, 0.1) is 46.4 Å². The number of hydrogen-bond acceptors (Lipinski definition) is 1. The summed E-state index contributed by atoms with van der Waals surface area (Å²) >= 11 is 25.1. The molecule has 0 aliphatic heterocycles. The van der Waals surface area contributed by atoms with Crippen molar-refractivity contribution in [2.24, 2.45) is 0 Å². The smallest absolute Gasteiger partial charge is 0.254 e. The second-order valence-electron chi connectivity index (χ2n) is 8.01. The highest BCUT2D eigenvalue weighted by Crippen LogP contribution is 2.28. The van der Waals surface area contributed by atoms with Crippen LogP contribution in [-0.2, 0) is 30.9 Å². The predicted octanol–water partition coefficient (Wildman–Crippen LogP) is 3.16. The van der Waals surface area contributed by atoms with Crippen molar-refractivity contribution >= 4 is 68.5 Å². The number of fused-ring (bicyclic) bond motifs is 2. The average molecular weight is 657 g/mol. The van der Waals surface area contributed by atoms with Gasteiger partial charge in [0.2, 0.25) is 0 Å². The van der Waals surface area contributed by atoms with E-state index >= 15 is 0 Å². The highest BCUT2D eigenvalue weighted by molar-refractivity contribution is 6.43. The molecule has 184 valence electrons. The largest absolute Gasteiger partial charge is 1.00 e. The lowest BCUT2D eigenvalue weighted by molar-refractivity contribution is -0.687. The van der Waals surface area contributed by atoms with Gasteiger partial charge in [0, 0.05) is 38.1 Å². The SMILES string of the molecule is CCn1c(C)[n+](CCOCC[n+]2c(C)n(CC)c3cc(Cl)c(Cl)cc32)c2cc(Cl)c(Cl)cc21.[I-]. The van der Waals surface area contributed by atoms with Gasteiger partial charge in [0.15, 0.2) is 22.1 Å². The van der Waals surface area contributed by atoms with Crippen molar-refractivity contribution in [3.8, 4) is 0 Å². The lowest BCUT2D eigenvalue weighted by atomic mass is 10.3. The van der Waals surface area contributed by atoms with Gasteiger partial charge in [0.25, 0.3) is 11.6 Å². The second kappa shape index (κ2) is 11.5. The Morgan fingerprint density at radius 2 is 1.03 bits per heavy atom. The third kappa shape index (κ3) is 5.04. The van der Waals surface area contributed by atoms with Crippen molar-refractivity contribution in [1.82, 2.24) is 9.13 Å². The maximum atomic E-state index is 6.31. The van der Waals surface area contributed by atoms with E-state index in [1.54, 1.807) is 0 Å². The number of hydrogen-bond donors (Lipinski definition) is 0. The number of imidazole rings is 2. The van der Waals surface area contributed by atoms with Crippen LogP contribution in [0.15, 0.2) is 24.3 Å². The Hall–Kier alpha value is -0.770. The van der Waals surface area contributed by atoms with Crippen molar-refractivity contribution in [3.05, 3.63) is 56.0 Å². The number of rotatable bonds is 8. The summed E-state index contributed by atoms with van der Waals surface area (Å²) in [7, 11) is 0. The molecule has 5 nitrogen and oxygen atoms in total. The van der Waals surface area contributed by atoms with Gasteiger partial charge in [-0.1, -0.05) is 46.4 Å². The van der Waals surface area contributed by atoms with Crippen molar-refractivity contribution in [2.75, 3.05) is 13.2 Å². The van der Waals surface area contributed by atoms with Crippen LogP contribution in [-0.4, -0.2) is 22.3 Å². The quantitative estimate of drug-likeness (QED) is 0.163. The first-order valence-electron chi connectivity index (χ1n) is 11.1. The van der Waals surface area contributed by atoms with Gasteiger partial charge in [-0.2, -0.15) is 0 Å². The number of aryl methyl sites for hydroxylation is 2. The number of aromatic nitrogens is 4. The van der Waals surface area contributed by atoms with Crippen molar-refractivity contribution in [1.29, 1.82) is 0 Å². The van der Waals surface area contributed by atoms with Crippen molar-refractivity contribution in [3.63, 3.8) is 0 Å². The molecule has 2 aromatic carbocycles. The van der Waals surface area contributed by atoms with E-state index < -0.39 is 0 Å². The highest BCUT2D eigenvalue weighted by atomic mass is 127. The van der Waals surface area contributed by atoms with Crippen LogP contribution in [0.25, 0.3) is 22.1 Å². The van der Waals surface area contributed by atoms with Gasteiger partial charge >= 0.3 is 0 Å². The average Bonchev–Trinajstić information content (AvgIpc) is 3.18. The summed E-state index contributed by atoms with van der Waals surface area (Å²) in [5.41, 5.74) is 4.29. The van der Waals surface area contributed by atoms with E-state index in [2.05, 4.69) is 46.0 Å². The number of halogens is 5. The zero-order valence-electron chi connectivity index (χ0n) is 19.6. The molecule has 0 saturated carbocycles. The summed E-state index contributed by atoms with van der Waals surface area (Å²) in [6.07, 6.45) is 0. The number of ether oxygens (including phenoxy) is 1. The Balaban J connectivity index is 0.00000324. The van der Waals surface area contributed by atoms with Crippen LogP contribution in [0.3, 0.4) is 0 Å². The number of nitrogens with zero attached hydrogens (tertiary/aromatic N) is 4. The van der Waals surface area contributed by atoms with Crippen LogP contribution in [0.2, 0.25) is 20.1 Å². The van der Waals surface area contributed by atoms with E-state index in [1.807, 2.05) is 24.3 Å². The maximum absolute atomic E-state index is 6.31. The molecule has 0 aliphatic carbocycles. The molecular weight excluding hydrogens is 629 g/mol. The minimum absolute atomic E-state index is 0. The zero-order chi connectivity index (χ0) is 23.9. The third-order valence-electron chi connectivity index (χ3n) is 6.31. The standard InChI is InChI=1S/C24H28Cl4N4O.HI/c1-5-29-15(3)31(23-13-19(27)17(25)11-21(23)29)7-9-33-10-8-32-16(4)30(6-2)22-12-18(26)20(28)14-24(22)32;/h11-14H,5-10H2,1-4H3;1H/q+2;/p-1. The Labute approximate surface area is 237 Å². The fraction of sp³-hybridized carbons (Fsp3) is 0.417. The van der Waals surface area contributed by atoms with Crippen LogP contribution < -0.4 is 33.1 Å². The van der Waals surface area contributed by atoms with Crippen LogP contribution in [0.1, 0.15) is 25.5 Å². The topological polar surface area (TPSA) is 26.8 Å². The summed E-state index contributed by atoms with van der Waals surface area (Å²) in [6, 6.07) is 7.75. The molecule has 34 heavy (non-hydrogen) atoms. The van der Waals surface area contributed by atoms with E-state index in [-0.39, 0.29) is 24.0 Å². The van der Waals surface area contributed by atoms with Gasteiger partial charge in [-0.3, -0.25) is 0 Å². The molecule has 0 atom stereocenters. The molecule has 0 aliphatic rings. The van der Waals surface area contributed by atoms with Gasteiger partial charge in [-0.25, -0.2) is 18.3 Å². The van der Waals surface area contributed by atoms with E-state index in [0.717, 1.165) is 59.9 Å². The highest BCUT2D eigenvalue weighted by Gasteiger charge is 2.24. The predicted molar refractivity (Wildman–Crippen MR) is 136 cm³/mol. The first-order chi connectivity index (χ1) is 15.8. The molecule has 0 spiro atoms. The fourth-order valence-electron chi connectivity index (χ4n) is 4.68. The molecule has 4 rings (SSSR count). The fourth-order valence-corrected chi connectivity index (χ4v) is 5.31. The van der Waals surface area contributed by atoms with Crippen LogP contribution in [0.5, 0.6) is 0 Å². The first kappa shape index (κ1) is 27.8. The monoisotopic (exact) mass is 655 g/mol. The summed E-state index contributed by atoms with van der Waals surface area (Å²) < 4.78 is 15.0. The molecule has 0 amide bonds. The van der Waals surface area contributed by atoms with E-state index in [0.29, 0.717) is 33.3 Å². The van der Waals surface area contributed by atoms with E-state index in [4.69, 9.17) is 51.1 Å². The lowest BCUT2D eigenvalue weighted by Crippen LogP contribution is -3.00. The summed E-state index contributed by atoms with van der Waals surface area (Å²) in [4.78, 5) is 0. The molecule has 10 heteroatoms. The molecule has 4 aromatic rings. The second-order valence-corrected chi connectivity index (χ2v) is 9.64. The van der Waals surface area contributed by atoms with Gasteiger partial charge < -0.3 is 28.7 Å². The molecule has 0 saturated heterocycles. The van der Waals surface area contributed by atoms with Gasteiger partial charge in [0.1, 0.15) is 13.1 Å². The molecule has 0 unspecified atom stereocenters. The Kier molecular flexibility index (Phi) is 9.43. The van der Waals surface area contributed by atoms with E-state index in [9.17, 15) is 0 Å². The summed E-state index contributed by atoms with van der Waals surface area (Å²) in [6.45, 7) is 12.8. The van der Waals surface area contributed by atoms with Gasteiger partial charge in [-0.15, -0.1) is 0 Å². The Morgan fingerprint density at radius 1 is 0.676 bits per heavy atom. The van der Waals surface area contributed by atoms with Crippen LogP contribution in [0, 0.1) is 13.8 Å². The van der Waals surface area contributed by atoms with Gasteiger partial charge in [-0.05, 0) is 13.8 Å². The van der Waals surface area contributed by atoms with Crippen molar-refractivity contribution in [2.45, 2.75) is 53.9 Å². The first-order valence-corrected chi connectivity index (χ1v) is 12.6. The summed E-state index contributed by atoms with van der Waals surface area (Å²) in [5, 5.41) is 2.26. The number of benzene rings is 2. The van der Waals surface area contributed by atoms with Crippen molar-refractivity contribution < 1.29 is 37.8 Å². The minimum Gasteiger partial charge on any atom is -1.00 e. The lowest BCUT2D eigenvalue weighted by Gasteiger charge is -2.05. The molecule has 0 N–H and O–H groups in total. The molecule has 2 heterocycles. The van der Waals surface area contributed by atoms with E-state index in [1.165, 1.54) is 0 Å². The molecule has 0 radical (unpaired) electrons. The maximum Gasteiger partial charge on any atom is 0.254 e. The normalized spacial score (nSPS) is 11.5. The third-order valence-corrected chi connectivity index (χ3v) is 7.76. The summed E-state index contributed by atoms with van der Waals surface area (Å²) in [5.74, 6) is 2.30. The molecule has 0 bridgehead atoms. The molecular formula is C24H28Cl4IN4O+. The molecule has 2 aromatic heterocycles. The zero-order valence-corrected chi connectivity index (χ0v) is 24.8. The Morgan fingerprint density at radius 3 is 1.38 bits per heavy atom.